The number of carbonyl (C=O) groups excluding carboxylic acids is 1. The lowest BCUT2D eigenvalue weighted by Crippen LogP contribution is -2.49. The molecule has 4 rings (SSSR count). The van der Waals surface area contributed by atoms with Crippen LogP contribution in [0.15, 0.2) is 49.9 Å². The number of benzene rings is 1. The predicted octanol–water partition coefficient (Wildman–Crippen LogP) is 5.13. The van der Waals surface area contributed by atoms with Crippen LogP contribution in [-0.2, 0) is 14.8 Å². The first-order chi connectivity index (χ1) is 15.7. The van der Waals surface area contributed by atoms with Crippen LogP contribution in [0.5, 0.6) is 0 Å². The van der Waals surface area contributed by atoms with Gasteiger partial charge in [-0.15, -0.1) is 28.2 Å². The number of carbonyl (C=O) groups is 1. The molecular formula is C21H23ClN4O4S3. The average molecular weight is 527 g/mol. The Morgan fingerprint density at radius 3 is 2.82 bits per heavy atom. The lowest BCUT2D eigenvalue weighted by molar-refractivity contribution is -0.120. The second kappa shape index (κ2) is 10.1. The van der Waals surface area contributed by atoms with Gasteiger partial charge in [-0.3, -0.25) is 10.1 Å². The molecule has 1 aromatic carbocycles. The van der Waals surface area contributed by atoms with Gasteiger partial charge in [-0.05, 0) is 43.2 Å². The summed E-state index contributed by atoms with van der Waals surface area (Å²) in [5.41, 5.74) is 0.741. The van der Waals surface area contributed by atoms with E-state index in [1.807, 2.05) is 24.3 Å². The molecule has 1 unspecified atom stereocenters. The van der Waals surface area contributed by atoms with E-state index in [0.717, 1.165) is 28.2 Å². The fraction of sp³-hybridized carbons (Fsp3) is 0.381. The van der Waals surface area contributed by atoms with Gasteiger partial charge in [0.15, 0.2) is 0 Å². The Morgan fingerprint density at radius 2 is 2.09 bits per heavy atom. The van der Waals surface area contributed by atoms with E-state index in [9.17, 15) is 13.2 Å². The molecule has 2 aromatic heterocycles. The van der Waals surface area contributed by atoms with Gasteiger partial charge in [0, 0.05) is 22.3 Å². The maximum Gasteiger partial charge on any atom is 0.322 e. The van der Waals surface area contributed by atoms with Crippen LogP contribution in [0.25, 0.3) is 11.5 Å². The SMILES string of the molecule is CC(C)Sc1cccc(-c2nnc(NC(=O)C3CCCCN3S(=O)(=O)c3ccc(Cl)s3)o2)c1. The van der Waals surface area contributed by atoms with Gasteiger partial charge in [0.05, 0.1) is 4.34 Å². The van der Waals surface area contributed by atoms with E-state index in [4.69, 9.17) is 16.0 Å². The highest BCUT2D eigenvalue weighted by molar-refractivity contribution is 7.99. The van der Waals surface area contributed by atoms with E-state index in [1.54, 1.807) is 11.8 Å². The van der Waals surface area contributed by atoms with Crippen molar-refractivity contribution in [3.05, 3.63) is 40.7 Å². The number of nitrogens with zero attached hydrogens (tertiary/aromatic N) is 3. The van der Waals surface area contributed by atoms with E-state index in [1.165, 1.54) is 16.4 Å². The summed E-state index contributed by atoms with van der Waals surface area (Å²) < 4.78 is 33.6. The highest BCUT2D eigenvalue weighted by atomic mass is 35.5. The number of rotatable bonds is 7. The molecule has 1 saturated heterocycles. The van der Waals surface area contributed by atoms with Crippen LogP contribution < -0.4 is 5.32 Å². The molecule has 1 aliphatic heterocycles. The zero-order valence-electron chi connectivity index (χ0n) is 18.0. The summed E-state index contributed by atoms with van der Waals surface area (Å²) in [6, 6.07) is 9.77. The maximum atomic E-state index is 13.1. The number of nitrogens with one attached hydrogen (secondary N) is 1. The van der Waals surface area contributed by atoms with Crippen LogP contribution >= 0.6 is 34.7 Å². The summed E-state index contributed by atoms with van der Waals surface area (Å²) in [6.07, 6.45) is 1.82. The Balaban J connectivity index is 1.50. The smallest absolute Gasteiger partial charge is 0.322 e. The van der Waals surface area contributed by atoms with E-state index in [0.29, 0.717) is 22.4 Å². The summed E-state index contributed by atoms with van der Waals surface area (Å²) in [4.78, 5) is 14.1. The minimum atomic E-state index is -3.84. The molecule has 33 heavy (non-hydrogen) atoms. The molecule has 1 aliphatic rings. The van der Waals surface area contributed by atoms with E-state index in [2.05, 4.69) is 29.4 Å². The van der Waals surface area contributed by atoms with Crippen LogP contribution in [0.1, 0.15) is 33.1 Å². The molecule has 8 nitrogen and oxygen atoms in total. The first kappa shape index (κ1) is 24.2. The van der Waals surface area contributed by atoms with Crippen molar-refractivity contribution in [3.63, 3.8) is 0 Å². The van der Waals surface area contributed by atoms with Gasteiger partial charge in [0.25, 0.3) is 10.0 Å². The molecule has 0 bridgehead atoms. The zero-order valence-corrected chi connectivity index (χ0v) is 21.2. The third-order valence-electron chi connectivity index (χ3n) is 4.98. The fourth-order valence-corrected chi connectivity index (χ4v) is 7.73. The molecule has 1 N–H and O–H groups in total. The van der Waals surface area contributed by atoms with Gasteiger partial charge in [0.2, 0.25) is 11.8 Å². The monoisotopic (exact) mass is 526 g/mol. The molecule has 0 spiro atoms. The van der Waals surface area contributed by atoms with E-state index < -0.39 is 22.0 Å². The van der Waals surface area contributed by atoms with Crippen LogP contribution in [0.3, 0.4) is 0 Å². The molecule has 1 atom stereocenters. The highest BCUT2D eigenvalue weighted by Gasteiger charge is 2.38. The van der Waals surface area contributed by atoms with Gasteiger partial charge >= 0.3 is 6.01 Å². The van der Waals surface area contributed by atoms with Crippen molar-refractivity contribution in [1.82, 2.24) is 14.5 Å². The molecular weight excluding hydrogens is 504 g/mol. The Labute approximate surface area is 205 Å². The normalized spacial score (nSPS) is 17.4. The molecule has 0 radical (unpaired) electrons. The quantitative estimate of drug-likeness (QED) is 0.425. The minimum absolute atomic E-state index is 0.0704. The average Bonchev–Trinajstić information content (AvgIpc) is 3.43. The standard InChI is InChI=1S/C21H23ClN4O4S3/c1-13(2)31-15-7-5-6-14(12-15)20-24-25-21(30-20)23-19(27)16-8-3-4-11-26(16)33(28,29)18-10-9-17(22)32-18/h5-7,9-10,12-13,16H,3-4,8,11H2,1-2H3,(H,23,25,27). The highest BCUT2D eigenvalue weighted by Crippen LogP contribution is 2.32. The number of amides is 1. The van der Waals surface area contributed by atoms with Crippen LogP contribution in [0.4, 0.5) is 6.01 Å². The van der Waals surface area contributed by atoms with Crippen LogP contribution in [0.2, 0.25) is 4.34 Å². The fourth-order valence-electron chi connectivity index (χ4n) is 3.56. The van der Waals surface area contributed by atoms with Crippen LogP contribution in [0, 0.1) is 0 Å². The molecule has 0 aliphatic carbocycles. The number of hydrogen-bond acceptors (Lipinski definition) is 8. The van der Waals surface area contributed by atoms with Gasteiger partial charge < -0.3 is 4.42 Å². The molecule has 1 fully saturated rings. The molecule has 12 heteroatoms. The lowest BCUT2D eigenvalue weighted by Gasteiger charge is -2.32. The van der Waals surface area contributed by atoms with Gasteiger partial charge in [-0.25, -0.2) is 8.42 Å². The van der Waals surface area contributed by atoms with E-state index in [-0.39, 0.29) is 22.7 Å². The number of aromatic nitrogens is 2. The summed E-state index contributed by atoms with van der Waals surface area (Å²) in [6.45, 7) is 4.48. The number of anilines is 1. The van der Waals surface area contributed by atoms with Crippen molar-refractivity contribution in [1.29, 1.82) is 0 Å². The topological polar surface area (TPSA) is 105 Å². The predicted molar refractivity (Wildman–Crippen MR) is 130 cm³/mol. The summed E-state index contributed by atoms with van der Waals surface area (Å²) in [5, 5.41) is 11.0. The Bertz CT molecular complexity index is 1240. The molecule has 3 aromatic rings. The summed E-state index contributed by atoms with van der Waals surface area (Å²) in [5.74, 6) is -0.224. The zero-order chi connectivity index (χ0) is 23.6. The van der Waals surface area contributed by atoms with Crippen molar-refractivity contribution in [2.24, 2.45) is 0 Å². The molecule has 3 heterocycles. The number of thioether (sulfide) groups is 1. The largest absolute Gasteiger partial charge is 0.403 e. The molecule has 1 amide bonds. The first-order valence-corrected chi connectivity index (χ1v) is 13.9. The second-order valence-electron chi connectivity index (χ2n) is 7.78. The van der Waals surface area contributed by atoms with Crippen molar-refractivity contribution in [2.45, 2.75) is 53.5 Å². The Morgan fingerprint density at radius 1 is 1.27 bits per heavy atom. The van der Waals surface area contributed by atoms with Crippen molar-refractivity contribution in [3.8, 4) is 11.5 Å². The maximum absolute atomic E-state index is 13.1. The number of hydrogen-bond donors (Lipinski definition) is 1. The number of halogens is 1. The van der Waals surface area contributed by atoms with Gasteiger partial charge in [0.1, 0.15) is 10.3 Å². The summed E-state index contributed by atoms with van der Waals surface area (Å²) >= 11 is 8.62. The molecule has 176 valence electrons. The Hall–Kier alpha value is -1.92. The molecule has 0 saturated carbocycles. The van der Waals surface area contributed by atoms with Crippen LogP contribution in [-0.4, -0.2) is 46.7 Å². The van der Waals surface area contributed by atoms with Crippen molar-refractivity contribution < 1.29 is 17.6 Å². The number of thiophene rings is 1. The third kappa shape index (κ3) is 5.60. The van der Waals surface area contributed by atoms with Gasteiger partial charge in [-0.2, -0.15) is 4.31 Å². The second-order valence-corrected chi connectivity index (χ2v) is 13.3. The van der Waals surface area contributed by atoms with Crippen molar-refractivity contribution >= 4 is 56.6 Å². The minimum Gasteiger partial charge on any atom is -0.403 e. The first-order valence-electron chi connectivity index (χ1n) is 10.4. The number of piperidine rings is 1. The lowest BCUT2D eigenvalue weighted by atomic mass is 10.0. The van der Waals surface area contributed by atoms with Crippen molar-refractivity contribution in [2.75, 3.05) is 11.9 Å². The third-order valence-corrected chi connectivity index (χ3v) is 9.58. The Kier molecular flexibility index (Phi) is 7.44. The summed E-state index contributed by atoms with van der Waals surface area (Å²) in [7, 11) is -3.84. The number of sulfonamides is 1. The van der Waals surface area contributed by atoms with Gasteiger partial charge in [-0.1, -0.05) is 43.0 Å². The van der Waals surface area contributed by atoms with E-state index >= 15 is 0 Å².